The maximum absolute atomic E-state index is 12.9. The molecule has 4 nitrogen and oxygen atoms in total. The average Bonchev–Trinajstić information content (AvgIpc) is 3.05. The zero-order valence-corrected chi connectivity index (χ0v) is 15.6. The lowest BCUT2D eigenvalue weighted by Crippen LogP contribution is -2.65. The lowest BCUT2D eigenvalue weighted by atomic mass is 9.44. The van der Waals surface area contributed by atoms with Gasteiger partial charge in [0, 0.05) is 24.2 Å². The Labute approximate surface area is 145 Å². The van der Waals surface area contributed by atoms with Gasteiger partial charge >= 0.3 is 0 Å². The van der Waals surface area contributed by atoms with E-state index in [0.29, 0.717) is 31.1 Å². The molecule has 0 amide bonds. The van der Waals surface area contributed by atoms with Crippen molar-refractivity contribution in [1.29, 1.82) is 0 Å². The Balaban J connectivity index is 1.76. The van der Waals surface area contributed by atoms with Gasteiger partial charge in [-0.25, -0.2) is 0 Å². The van der Waals surface area contributed by atoms with Crippen molar-refractivity contribution in [1.82, 2.24) is 0 Å². The molecular formula is C20H32O4. The van der Waals surface area contributed by atoms with Crippen LogP contribution in [0.4, 0.5) is 0 Å². The number of aliphatic hydroxyl groups is 1. The second kappa shape index (κ2) is 5.05. The lowest BCUT2D eigenvalue weighted by molar-refractivity contribution is -0.239. The molecule has 4 fully saturated rings. The fraction of sp³-hybridized carbons (Fsp3) is 0.950. The smallest absolute Gasteiger partial charge is 0.157 e. The van der Waals surface area contributed by atoms with E-state index < -0.39 is 11.9 Å². The largest absolute Gasteiger partial charge is 0.368 e. The van der Waals surface area contributed by atoms with Crippen molar-refractivity contribution in [3.8, 4) is 0 Å². The number of hydrogen-bond donors (Lipinski definition) is 1. The van der Waals surface area contributed by atoms with E-state index in [0.717, 1.165) is 19.3 Å². The van der Waals surface area contributed by atoms with Gasteiger partial charge in [0.1, 0.15) is 5.78 Å². The molecule has 0 bridgehead atoms. The third-order valence-electron chi connectivity index (χ3n) is 8.22. The van der Waals surface area contributed by atoms with Crippen LogP contribution in [0.3, 0.4) is 0 Å². The Morgan fingerprint density at radius 3 is 2.54 bits per heavy atom. The van der Waals surface area contributed by atoms with Crippen molar-refractivity contribution >= 4 is 5.78 Å². The summed E-state index contributed by atoms with van der Waals surface area (Å²) in [6.07, 6.45) is 5.86. The van der Waals surface area contributed by atoms with Gasteiger partial charge in [0.25, 0.3) is 0 Å². The fourth-order valence-electron chi connectivity index (χ4n) is 6.80. The molecule has 0 aromatic carbocycles. The Hall–Kier alpha value is -0.450. The molecule has 4 rings (SSSR count). The minimum atomic E-state index is -0.721. The highest BCUT2D eigenvalue weighted by molar-refractivity contribution is 5.84. The van der Waals surface area contributed by atoms with Crippen LogP contribution in [-0.2, 0) is 14.3 Å². The summed E-state index contributed by atoms with van der Waals surface area (Å²) < 4.78 is 12.3. The summed E-state index contributed by atoms with van der Waals surface area (Å²) in [6.45, 7) is 9.59. The van der Waals surface area contributed by atoms with Crippen LogP contribution in [-0.4, -0.2) is 35.0 Å². The number of ketones is 1. The molecule has 0 radical (unpaired) electrons. The molecule has 1 N–H and O–H groups in total. The Bertz CT molecular complexity index is 558. The predicted octanol–water partition coefficient (Wildman–Crippen LogP) is 3.45. The van der Waals surface area contributed by atoms with Gasteiger partial charge in [0.05, 0.1) is 17.8 Å². The lowest BCUT2D eigenvalue weighted by Gasteiger charge is -2.63. The summed E-state index contributed by atoms with van der Waals surface area (Å²) in [5, 5.41) is 9.87. The van der Waals surface area contributed by atoms with Crippen molar-refractivity contribution in [3.05, 3.63) is 0 Å². The third-order valence-corrected chi connectivity index (χ3v) is 8.22. The fourth-order valence-corrected chi connectivity index (χ4v) is 6.80. The Morgan fingerprint density at radius 1 is 1.12 bits per heavy atom. The zero-order chi connectivity index (χ0) is 17.4. The zero-order valence-electron chi connectivity index (χ0n) is 15.6. The molecule has 2 aliphatic carbocycles. The van der Waals surface area contributed by atoms with E-state index in [1.54, 1.807) is 0 Å². The van der Waals surface area contributed by atoms with Gasteiger partial charge < -0.3 is 14.6 Å². The number of carbonyl (C=O) groups is 1. The van der Waals surface area contributed by atoms with Crippen LogP contribution in [0.25, 0.3) is 0 Å². The summed E-state index contributed by atoms with van der Waals surface area (Å²) in [6, 6.07) is 0. The molecule has 6 atom stereocenters. The van der Waals surface area contributed by atoms with E-state index >= 15 is 0 Å². The van der Waals surface area contributed by atoms with Crippen LogP contribution in [0.2, 0.25) is 0 Å². The molecule has 4 aliphatic rings. The van der Waals surface area contributed by atoms with E-state index in [4.69, 9.17) is 9.47 Å². The molecule has 0 aromatic rings. The van der Waals surface area contributed by atoms with Crippen molar-refractivity contribution in [3.63, 3.8) is 0 Å². The molecule has 136 valence electrons. The quantitative estimate of drug-likeness (QED) is 0.736. The second-order valence-electron chi connectivity index (χ2n) is 9.85. The Morgan fingerprint density at radius 2 is 1.88 bits per heavy atom. The number of Topliss-reactive ketones (excluding diaryl/α,β-unsaturated/α-hetero) is 1. The first-order valence-corrected chi connectivity index (χ1v) is 9.67. The average molecular weight is 336 g/mol. The molecule has 24 heavy (non-hydrogen) atoms. The highest BCUT2D eigenvalue weighted by Gasteiger charge is 2.69. The maximum Gasteiger partial charge on any atom is 0.157 e. The monoisotopic (exact) mass is 336 g/mol. The van der Waals surface area contributed by atoms with Gasteiger partial charge in [0.2, 0.25) is 0 Å². The number of rotatable bonds is 0. The van der Waals surface area contributed by atoms with Crippen molar-refractivity contribution in [2.24, 2.45) is 22.7 Å². The third kappa shape index (κ3) is 2.05. The molecular weight excluding hydrogens is 304 g/mol. The first-order chi connectivity index (χ1) is 11.1. The minimum absolute atomic E-state index is 0.0269. The van der Waals surface area contributed by atoms with Gasteiger partial charge in [0.15, 0.2) is 6.29 Å². The van der Waals surface area contributed by atoms with E-state index in [1.165, 1.54) is 12.8 Å². The molecule has 4 heteroatoms. The summed E-state index contributed by atoms with van der Waals surface area (Å²) in [5.41, 5.74) is -0.571. The van der Waals surface area contributed by atoms with Crippen molar-refractivity contribution < 1.29 is 19.4 Å². The summed E-state index contributed by atoms with van der Waals surface area (Å²) in [4.78, 5) is 12.9. The normalized spacial score (nSPS) is 53.7. The van der Waals surface area contributed by atoms with Crippen LogP contribution < -0.4 is 0 Å². The van der Waals surface area contributed by atoms with E-state index in [9.17, 15) is 9.90 Å². The highest BCUT2D eigenvalue weighted by Crippen LogP contribution is 2.67. The summed E-state index contributed by atoms with van der Waals surface area (Å²) in [7, 11) is 0. The molecule has 0 aromatic heterocycles. The van der Waals surface area contributed by atoms with Crippen LogP contribution in [0, 0.1) is 22.7 Å². The summed E-state index contributed by atoms with van der Waals surface area (Å²) in [5.74, 6) is 0.679. The number of hydrogen-bond acceptors (Lipinski definition) is 4. The maximum atomic E-state index is 12.9. The topological polar surface area (TPSA) is 55.8 Å². The number of fused-ring (bicyclic) bond motifs is 2. The van der Waals surface area contributed by atoms with E-state index in [2.05, 4.69) is 27.7 Å². The minimum Gasteiger partial charge on any atom is -0.368 e. The second-order valence-corrected chi connectivity index (χ2v) is 9.85. The van der Waals surface area contributed by atoms with E-state index in [1.807, 2.05) is 0 Å². The van der Waals surface area contributed by atoms with Crippen LogP contribution >= 0.6 is 0 Å². The number of aliphatic hydroxyl groups excluding tert-OH is 1. The molecule has 0 unspecified atom stereocenters. The van der Waals surface area contributed by atoms with Crippen molar-refractivity contribution in [2.45, 2.75) is 90.1 Å². The Kier molecular flexibility index (Phi) is 3.57. The SMILES string of the molecule is C[C@@H]1C(=O)C[C@H]2C(C)(C)CCC[C@]2(C)[C@]12CC[C@]1(CO[C@@H](O)C1)O2. The molecule has 2 spiro atoms. The highest BCUT2D eigenvalue weighted by atomic mass is 16.6. The predicted molar refractivity (Wildman–Crippen MR) is 90.4 cm³/mol. The number of ether oxygens (including phenoxy) is 2. The van der Waals surface area contributed by atoms with Crippen LogP contribution in [0.15, 0.2) is 0 Å². The standard InChI is InChI=1S/C20H32O4/c1-13-14(21)10-15-17(2,3)6-5-7-18(15,4)20(13)9-8-19(24-20)11-16(22)23-12-19/h13,15-16,22H,5-12H2,1-4H3/t13-,15+,16-,18+,19+,20+/m1/s1. The summed E-state index contributed by atoms with van der Waals surface area (Å²) >= 11 is 0. The van der Waals surface area contributed by atoms with Gasteiger partial charge in [-0.3, -0.25) is 4.79 Å². The van der Waals surface area contributed by atoms with Gasteiger partial charge in [-0.2, -0.15) is 0 Å². The molecule has 2 heterocycles. The van der Waals surface area contributed by atoms with Crippen molar-refractivity contribution in [2.75, 3.05) is 6.61 Å². The van der Waals surface area contributed by atoms with Crippen LogP contribution in [0.1, 0.15) is 72.6 Å². The van der Waals surface area contributed by atoms with Gasteiger partial charge in [-0.15, -0.1) is 0 Å². The first-order valence-electron chi connectivity index (χ1n) is 9.67. The number of carbonyl (C=O) groups excluding carboxylic acids is 1. The first kappa shape index (κ1) is 17.0. The van der Waals surface area contributed by atoms with E-state index in [-0.39, 0.29) is 22.3 Å². The van der Waals surface area contributed by atoms with Gasteiger partial charge in [-0.1, -0.05) is 34.1 Å². The molecule has 2 saturated carbocycles. The molecule has 2 saturated heterocycles. The van der Waals surface area contributed by atoms with Gasteiger partial charge in [-0.05, 0) is 37.0 Å². The molecule has 2 aliphatic heterocycles. The van der Waals surface area contributed by atoms with Crippen LogP contribution in [0.5, 0.6) is 0 Å².